The van der Waals surface area contributed by atoms with E-state index in [-0.39, 0.29) is 0 Å². The predicted molar refractivity (Wildman–Crippen MR) is 60.2 cm³/mol. The molecule has 0 aromatic rings. The number of nitrogens with two attached hydrogens (primary N) is 1. The molecule has 2 N–H and O–H groups in total. The molecule has 84 valence electrons. The number of ether oxygens (including phenoxy) is 1. The SMILES string of the molecule is CC1CC(OCCCN)CC(C)(C)C1. The van der Waals surface area contributed by atoms with Crippen LogP contribution >= 0.6 is 0 Å². The lowest BCUT2D eigenvalue weighted by atomic mass is 9.71. The van der Waals surface area contributed by atoms with Crippen LogP contribution in [0, 0.1) is 11.3 Å². The highest BCUT2D eigenvalue weighted by Crippen LogP contribution is 2.39. The normalized spacial score (nSPS) is 31.7. The average Bonchev–Trinajstić information content (AvgIpc) is 2.00. The molecule has 14 heavy (non-hydrogen) atoms. The standard InChI is InChI=1S/C12H25NO/c1-10-7-11(14-6-4-5-13)9-12(2,3)8-10/h10-11H,4-9,13H2,1-3H3. The Kier molecular flexibility index (Phi) is 4.39. The topological polar surface area (TPSA) is 35.2 Å². The van der Waals surface area contributed by atoms with E-state index in [1.165, 1.54) is 19.3 Å². The molecule has 1 fully saturated rings. The maximum Gasteiger partial charge on any atom is 0.0582 e. The summed E-state index contributed by atoms with van der Waals surface area (Å²) < 4.78 is 5.85. The number of hydrogen-bond donors (Lipinski definition) is 1. The first-order chi connectivity index (χ1) is 6.53. The van der Waals surface area contributed by atoms with Crippen LogP contribution in [0.5, 0.6) is 0 Å². The molecule has 2 nitrogen and oxygen atoms in total. The summed E-state index contributed by atoms with van der Waals surface area (Å²) in [5, 5.41) is 0. The van der Waals surface area contributed by atoms with Gasteiger partial charge in [-0.25, -0.2) is 0 Å². The third-order valence-corrected chi connectivity index (χ3v) is 3.05. The molecule has 1 aliphatic rings. The molecule has 1 rings (SSSR count). The third-order valence-electron chi connectivity index (χ3n) is 3.05. The minimum atomic E-state index is 0.463. The van der Waals surface area contributed by atoms with Crippen molar-refractivity contribution in [3.8, 4) is 0 Å². The largest absolute Gasteiger partial charge is 0.378 e. The minimum absolute atomic E-state index is 0.463. The van der Waals surface area contributed by atoms with Crippen LogP contribution in [-0.4, -0.2) is 19.3 Å². The van der Waals surface area contributed by atoms with Gasteiger partial charge in [-0.05, 0) is 43.6 Å². The fraction of sp³-hybridized carbons (Fsp3) is 1.00. The molecule has 0 radical (unpaired) electrons. The fourth-order valence-electron chi connectivity index (χ4n) is 2.72. The summed E-state index contributed by atoms with van der Waals surface area (Å²) in [4.78, 5) is 0. The minimum Gasteiger partial charge on any atom is -0.378 e. The van der Waals surface area contributed by atoms with Crippen LogP contribution in [0.15, 0.2) is 0 Å². The van der Waals surface area contributed by atoms with Gasteiger partial charge in [-0.3, -0.25) is 0 Å². The van der Waals surface area contributed by atoms with Crippen molar-refractivity contribution in [2.24, 2.45) is 17.1 Å². The van der Waals surface area contributed by atoms with Gasteiger partial charge < -0.3 is 10.5 Å². The van der Waals surface area contributed by atoms with Gasteiger partial charge in [0.2, 0.25) is 0 Å². The molecule has 0 aliphatic heterocycles. The third kappa shape index (κ3) is 3.97. The highest BCUT2D eigenvalue weighted by molar-refractivity contribution is 4.83. The Morgan fingerprint density at radius 2 is 2.07 bits per heavy atom. The molecule has 1 saturated carbocycles. The van der Waals surface area contributed by atoms with Crippen molar-refractivity contribution in [2.45, 2.75) is 52.6 Å². The Labute approximate surface area is 88.2 Å². The second-order valence-corrected chi connectivity index (χ2v) is 5.55. The maximum atomic E-state index is 5.85. The van der Waals surface area contributed by atoms with Crippen molar-refractivity contribution < 1.29 is 4.74 Å². The van der Waals surface area contributed by atoms with E-state index in [1.807, 2.05) is 0 Å². The van der Waals surface area contributed by atoms with Crippen molar-refractivity contribution in [3.05, 3.63) is 0 Å². The van der Waals surface area contributed by atoms with E-state index >= 15 is 0 Å². The highest BCUT2D eigenvalue weighted by Gasteiger charge is 2.32. The fourth-order valence-corrected chi connectivity index (χ4v) is 2.72. The quantitative estimate of drug-likeness (QED) is 0.706. The van der Waals surface area contributed by atoms with Crippen LogP contribution < -0.4 is 5.73 Å². The Balaban J connectivity index is 2.30. The first kappa shape index (κ1) is 12.0. The molecular weight excluding hydrogens is 174 g/mol. The number of rotatable bonds is 4. The van der Waals surface area contributed by atoms with Crippen LogP contribution in [0.2, 0.25) is 0 Å². The first-order valence-electron chi connectivity index (χ1n) is 5.85. The van der Waals surface area contributed by atoms with Crippen LogP contribution in [0.4, 0.5) is 0 Å². The molecule has 0 spiro atoms. The molecule has 2 atom stereocenters. The average molecular weight is 199 g/mol. The van der Waals surface area contributed by atoms with E-state index in [4.69, 9.17) is 10.5 Å². The second-order valence-electron chi connectivity index (χ2n) is 5.55. The summed E-state index contributed by atoms with van der Waals surface area (Å²) in [6.07, 6.45) is 5.24. The zero-order chi connectivity index (χ0) is 10.6. The molecule has 0 aromatic carbocycles. The van der Waals surface area contributed by atoms with Gasteiger partial charge in [0.1, 0.15) is 0 Å². The van der Waals surface area contributed by atoms with Gasteiger partial charge in [-0.2, -0.15) is 0 Å². The van der Waals surface area contributed by atoms with E-state index in [0.717, 1.165) is 25.5 Å². The molecule has 2 heteroatoms. The van der Waals surface area contributed by atoms with Crippen molar-refractivity contribution in [1.29, 1.82) is 0 Å². The van der Waals surface area contributed by atoms with E-state index < -0.39 is 0 Å². The predicted octanol–water partition coefficient (Wildman–Crippen LogP) is 2.57. The van der Waals surface area contributed by atoms with Crippen molar-refractivity contribution in [3.63, 3.8) is 0 Å². The highest BCUT2D eigenvalue weighted by atomic mass is 16.5. The van der Waals surface area contributed by atoms with Crippen molar-refractivity contribution >= 4 is 0 Å². The zero-order valence-corrected chi connectivity index (χ0v) is 9.88. The lowest BCUT2D eigenvalue weighted by molar-refractivity contribution is -0.0229. The van der Waals surface area contributed by atoms with E-state index in [9.17, 15) is 0 Å². The summed E-state index contributed by atoms with van der Waals surface area (Å²) in [6.45, 7) is 8.61. The van der Waals surface area contributed by atoms with E-state index in [0.29, 0.717) is 11.5 Å². The van der Waals surface area contributed by atoms with Gasteiger partial charge in [-0.1, -0.05) is 20.8 Å². The summed E-state index contributed by atoms with van der Waals surface area (Å²) in [5.41, 5.74) is 5.91. The van der Waals surface area contributed by atoms with Gasteiger partial charge in [0.05, 0.1) is 6.10 Å². The molecule has 1 aliphatic carbocycles. The Morgan fingerprint density at radius 1 is 1.36 bits per heavy atom. The van der Waals surface area contributed by atoms with Crippen LogP contribution in [0.25, 0.3) is 0 Å². The molecule has 0 saturated heterocycles. The molecule has 0 heterocycles. The van der Waals surface area contributed by atoms with Gasteiger partial charge in [0.15, 0.2) is 0 Å². The molecule has 0 bridgehead atoms. The number of hydrogen-bond acceptors (Lipinski definition) is 2. The monoisotopic (exact) mass is 199 g/mol. The lowest BCUT2D eigenvalue weighted by Crippen LogP contribution is -2.32. The van der Waals surface area contributed by atoms with Crippen LogP contribution in [0.1, 0.15) is 46.5 Å². The van der Waals surface area contributed by atoms with Gasteiger partial charge in [0.25, 0.3) is 0 Å². The summed E-state index contributed by atoms with van der Waals surface area (Å²) in [5.74, 6) is 0.807. The maximum absolute atomic E-state index is 5.85. The van der Waals surface area contributed by atoms with Crippen LogP contribution in [-0.2, 0) is 4.74 Å². The smallest absolute Gasteiger partial charge is 0.0582 e. The summed E-state index contributed by atoms with van der Waals surface area (Å²) >= 11 is 0. The molecule has 2 unspecified atom stereocenters. The Morgan fingerprint density at radius 3 is 2.64 bits per heavy atom. The van der Waals surface area contributed by atoms with E-state index in [2.05, 4.69) is 20.8 Å². The molecule has 0 aromatic heterocycles. The van der Waals surface area contributed by atoms with Gasteiger partial charge in [-0.15, -0.1) is 0 Å². The second kappa shape index (κ2) is 5.13. The summed E-state index contributed by atoms with van der Waals surface area (Å²) in [7, 11) is 0. The Hall–Kier alpha value is -0.0800. The zero-order valence-electron chi connectivity index (χ0n) is 9.88. The molecule has 0 amide bonds. The molecular formula is C12H25NO. The van der Waals surface area contributed by atoms with Crippen molar-refractivity contribution in [2.75, 3.05) is 13.2 Å². The first-order valence-corrected chi connectivity index (χ1v) is 5.85. The van der Waals surface area contributed by atoms with Gasteiger partial charge in [0, 0.05) is 6.61 Å². The van der Waals surface area contributed by atoms with Crippen molar-refractivity contribution in [1.82, 2.24) is 0 Å². The van der Waals surface area contributed by atoms with E-state index in [1.54, 1.807) is 0 Å². The summed E-state index contributed by atoms with van der Waals surface area (Å²) in [6, 6.07) is 0. The Bertz CT molecular complexity index is 168. The van der Waals surface area contributed by atoms with Gasteiger partial charge >= 0.3 is 0 Å². The lowest BCUT2D eigenvalue weighted by Gasteiger charge is -2.38. The van der Waals surface area contributed by atoms with Crippen LogP contribution in [0.3, 0.4) is 0 Å².